The van der Waals surface area contributed by atoms with Crippen molar-refractivity contribution >= 4 is 16.8 Å². The van der Waals surface area contributed by atoms with Gasteiger partial charge in [-0.25, -0.2) is 4.98 Å². The van der Waals surface area contributed by atoms with E-state index in [1.807, 2.05) is 17.7 Å². The van der Waals surface area contributed by atoms with Crippen molar-refractivity contribution in [3.05, 3.63) is 53.2 Å². The quantitative estimate of drug-likeness (QED) is 0.685. The molecule has 1 aromatic carbocycles. The van der Waals surface area contributed by atoms with Crippen LogP contribution < -0.4 is 5.32 Å². The second-order valence-electron chi connectivity index (χ2n) is 6.41. The summed E-state index contributed by atoms with van der Waals surface area (Å²) in [6.45, 7) is 7.78. The summed E-state index contributed by atoms with van der Waals surface area (Å²) in [5.41, 5.74) is 5.76. The molecule has 2 N–H and O–H groups in total. The van der Waals surface area contributed by atoms with E-state index in [1.165, 1.54) is 16.5 Å². The Kier molecular flexibility index (Phi) is 4.69. The lowest BCUT2D eigenvalue weighted by Crippen LogP contribution is -2.26. The van der Waals surface area contributed by atoms with Crippen LogP contribution in [0.4, 0.5) is 0 Å². The lowest BCUT2D eigenvalue weighted by Gasteiger charge is -2.07. The highest BCUT2D eigenvalue weighted by molar-refractivity contribution is 5.92. The maximum Gasteiger partial charge on any atom is 0.224 e. The van der Waals surface area contributed by atoms with Crippen LogP contribution in [0.25, 0.3) is 10.9 Å². The van der Waals surface area contributed by atoms with Gasteiger partial charge in [-0.05, 0) is 44.4 Å². The first kappa shape index (κ1) is 16.3. The summed E-state index contributed by atoms with van der Waals surface area (Å²) in [7, 11) is 0. The number of H-pyrrole nitrogens is 1. The van der Waals surface area contributed by atoms with Gasteiger partial charge in [0.05, 0.1) is 12.7 Å². The highest BCUT2D eigenvalue weighted by Crippen LogP contribution is 2.26. The van der Waals surface area contributed by atoms with Gasteiger partial charge in [0, 0.05) is 42.1 Å². The molecular formula is C19H24N4O. The van der Waals surface area contributed by atoms with Gasteiger partial charge in [-0.1, -0.05) is 11.6 Å². The minimum atomic E-state index is 0.0730. The predicted octanol–water partition coefficient (Wildman–Crippen LogP) is 3.04. The number of benzene rings is 1. The molecule has 0 bridgehead atoms. The van der Waals surface area contributed by atoms with Crippen molar-refractivity contribution in [1.82, 2.24) is 19.9 Å². The van der Waals surface area contributed by atoms with Crippen molar-refractivity contribution in [2.45, 2.75) is 40.2 Å². The van der Waals surface area contributed by atoms with E-state index in [9.17, 15) is 4.79 Å². The smallest absolute Gasteiger partial charge is 0.224 e. The van der Waals surface area contributed by atoms with E-state index in [4.69, 9.17) is 0 Å². The van der Waals surface area contributed by atoms with Gasteiger partial charge in [0.25, 0.3) is 0 Å². The molecular weight excluding hydrogens is 300 g/mol. The molecule has 0 aliphatic carbocycles. The fraction of sp³-hybridized carbons (Fsp3) is 0.368. The summed E-state index contributed by atoms with van der Waals surface area (Å²) in [6, 6.07) is 4.33. The molecule has 0 spiro atoms. The molecule has 3 aromatic rings. The summed E-state index contributed by atoms with van der Waals surface area (Å²) >= 11 is 0. The van der Waals surface area contributed by atoms with Gasteiger partial charge in [-0.2, -0.15) is 0 Å². The normalized spacial score (nSPS) is 11.1. The molecule has 0 atom stereocenters. The molecule has 0 saturated heterocycles. The number of aryl methyl sites for hydroxylation is 4. The third-order valence-electron chi connectivity index (χ3n) is 4.38. The first-order chi connectivity index (χ1) is 11.5. The van der Waals surface area contributed by atoms with E-state index >= 15 is 0 Å². The van der Waals surface area contributed by atoms with Gasteiger partial charge in [0.1, 0.15) is 0 Å². The van der Waals surface area contributed by atoms with E-state index in [2.05, 4.69) is 41.3 Å². The Morgan fingerprint density at radius 1 is 1.29 bits per heavy atom. The molecule has 24 heavy (non-hydrogen) atoms. The molecule has 0 unspecified atom stereocenters. The van der Waals surface area contributed by atoms with E-state index in [-0.39, 0.29) is 5.91 Å². The van der Waals surface area contributed by atoms with Crippen molar-refractivity contribution in [3.63, 3.8) is 0 Å². The molecule has 0 fully saturated rings. The SMILES string of the molecule is Cc1cc(C)c2[nH]c(C)c(CC(=O)NCCCn3ccnc3)c2c1. The van der Waals surface area contributed by atoms with Gasteiger partial charge in [0.15, 0.2) is 0 Å². The number of carbonyl (C=O) groups excluding carboxylic acids is 1. The maximum absolute atomic E-state index is 12.3. The minimum Gasteiger partial charge on any atom is -0.358 e. The molecule has 3 rings (SSSR count). The predicted molar refractivity (Wildman–Crippen MR) is 96.1 cm³/mol. The van der Waals surface area contributed by atoms with E-state index in [0.717, 1.165) is 29.7 Å². The molecule has 1 amide bonds. The number of carbonyl (C=O) groups is 1. The number of aromatic amines is 1. The van der Waals surface area contributed by atoms with Crippen molar-refractivity contribution in [2.75, 3.05) is 6.54 Å². The Morgan fingerprint density at radius 2 is 2.12 bits per heavy atom. The van der Waals surface area contributed by atoms with Gasteiger partial charge in [0.2, 0.25) is 5.91 Å². The number of hydrogen-bond donors (Lipinski definition) is 2. The van der Waals surface area contributed by atoms with Gasteiger partial charge in [-0.3, -0.25) is 4.79 Å². The minimum absolute atomic E-state index is 0.0730. The summed E-state index contributed by atoms with van der Waals surface area (Å²) in [5.74, 6) is 0.0730. The molecule has 0 radical (unpaired) electrons. The van der Waals surface area contributed by atoms with Crippen molar-refractivity contribution < 1.29 is 4.79 Å². The topological polar surface area (TPSA) is 62.7 Å². The van der Waals surface area contributed by atoms with Crippen molar-refractivity contribution in [3.8, 4) is 0 Å². The molecule has 2 aromatic heterocycles. The first-order valence-electron chi connectivity index (χ1n) is 8.35. The van der Waals surface area contributed by atoms with E-state index in [0.29, 0.717) is 13.0 Å². The van der Waals surface area contributed by atoms with Crippen LogP contribution in [-0.2, 0) is 17.8 Å². The monoisotopic (exact) mass is 324 g/mol. The zero-order chi connectivity index (χ0) is 17.1. The van der Waals surface area contributed by atoms with Gasteiger partial charge >= 0.3 is 0 Å². The second kappa shape index (κ2) is 6.91. The summed E-state index contributed by atoms with van der Waals surface area (Å²) in [6.07, 6.45) is 6.80. The summed E-state index contributed by atoms with van der Waals surface area (Å²) in [5, 5.41) is 4.18. The molecule has 2 heterocycles. The number of rotatable bonds is 6. The highest BCUT2D eigenvalue weighted by atomic mass is 16.1. The van der Waals surface area contributed by atoms with Crippen molar-refractivity contribution in [2.24, 2.45) is 0 Å². The molecule has 5 heteroatoms. The van der Waals surface area contributed by atoms with Crippen LogP contribution in [0.5, 0.6) is 0 Å². The number of amides is 1. The Balaban J connectivity index is 1.62. The van der Waals surface area contributed by atoms with Gasteiger partial charge < -0.3 is 14.9 Å². The largest absolute Gasteiger partial charge is 0.358 e. The number of hydrogen-bond acceptors (Lipinski definition) is 2. The fourth-order valence-electron chi connectivity index (χ4n) is 3.20. The number of aromatic nitrogens is 3. The zero-order valence-electron chi connectivity index (χ0n) is 14.5. The molecule has 0 saturated carbocycles. The standard InChI is InChI=1S/C19H24N4O/c1-13-9-14(2)19-17(10-13)16(15(3)22-19)11-18(24)21-5-4-7-23-8-6-20-12-23/h6,8-10,12,22H,4-5,7,11H2,1-3H3,(H,21,24). The Hall–Kier alpha value is -2.56. The Morgan fingerprint density at radius 3 is 2.88 bits per heavy atom. The van der Waals surface area contributed by atoms with E-state index in [1.54, 1.807) is 12.5 Å². The van der Waals surface area contributed by atoms with Crippen LogP contribution in [0.15, 0.2) is 30.9 Å². The number of fused-ring (bicyclic) bond motifs is 1. The number of nitrogens with one attached hydrogen (secondary N) is 2. The lowest BCUT2D eigenvalue weighted by molar-refractivity contribution is -0.120. The molecule has 5 nitrogen and oxygen atoms in total. The molecule has 0 aliphatic rings. The highest BCUT2D eigenvalue weighted by Gasteiger charge is 2.13. The summed E-state index contributed by atoms with van der Waals surface area (Å²) < 4.78 is 2.02. The lowest BCUT2D eigenvalue weighted by atomic mass is 10.0. The van der Waals surface area contributed by atoms with Crippen LogP contribution in [-0.4, -0.2) is 27.0 Å². The van der Waals surface area contributed by atoms with Crippen LogP contribution >= 0.6 is 0 Å². The van der Waals surface area contributed by atoms with Gasteiger partial charge in [-0.15, -0.1) is 0 Å². The third-order valence-corrected chi connectivity index (χ3v) is 4.38. The average Bonchev–Trinajstić information content (AvgIpc) is 3.14. The van der Waals surface area contributed by atoms with Crippen LogP contribution in [0.3, 0.4) is 0 Å². The Labute approximate surface area is 142 Å². The zero-order valence-corrected chi connectivity index (χ0v) is 14.5. The average molecular weight is 324 g/mol. The maximum atomic E-state index is 12.3. The number of nitrogens with zero attached hydrogens (tertiary/aromatic N) is 2. The van der Waals surface area contributed by atoms with Crippen LogP contribution in [0, 0.1) is 20.8 Å². The Bertz CT molecular complexity index is 846. The molecule has 0 aliphatic heterocycles. The fourth-order valence-corrected chi connectivity index (χ4v) is 3.20. The second-order valence-corrected chi connectivity index (χ2v) is 6.41. The van der Waals surface area contributed by atoms with Crippen LogP contribution in [0.2, 0.25) is 0 Å². The first-order valence-corrected chi connectivity index (χ1v) is 8.35. The number of imidazole rings is 1. The van der Waals surface area contributed by atoms with E-state index < -0.39 is 0 Å². The van der Waals surface area contributed by atoms with Crippen LogP contribution in [0.1, 0.15) is 28.8 Å². The molecule has 126 valence electrons. The summed E-state index contributed by atoms with van der Waals surface area (Å²) in [4.78, 5) is 19.7. The van der Waals surface area contributed by atoms with Crippen molar-refractivity contribution in [1.29, 1.82) is 0 Å². The third kappa shape index (κ3) is 3.50.